The molecule has 88 valence electrons. The number of nitriles is 1. The molecule has 0 rings (SSSR count). The van der Waals surface area contributed by atoms with Crippen molar-refractivity contribution in [2.45, 2.75) is 25.4 Å². The molecule has 0 radical (unpaired) electrons. The second kappa shape index (κ2) is 5.92. The first-order valence-corrected chi connectivity index (χ1v) is 5.83. The van der Waals surface area contributed by atoms with Gasteiger partial charge in [-0.25, -0.2) is 13.1 Å². The number of hydrogen-bond donors (Lipinski definition) is 1. The third kappa shape index (κ3) is 9.49. The van der Waals surface area contributed by atoms with Crippen LogP contribution in [0, 0.1) is 11.3 Å². The van der Waals surface area contributed by atoms with E-state index in [9.17, 15) is 21.6 Å². The average molecular weight is 244 g/mol. The summed E-state index contributed by atoms with van der Waals surface area (Å²) in [7, 11) is -3.68. The topological polar surface area (TPSA) is 70.0 Å². The first-order chi connectivity index (χ1) is 6.77. The van der Waals surface area contributed by atoms with Crippen LogP contribution in [0.5, 0.6) is 0 Å². The molecule has 0 aromatic carbocycles. The van der Waals surface area contributed by atoms with Crippen LogP contribution in [-0.2, 0) is 10.0 Å². The Bertz CT molecular complexity index is 318. The molecule has 0 saturated carbocycles. The largest absolute Gasteiger partial charge is 0.389 e. The van der Waals surface area contributed by atoms with Crippen molar-refractivity contribution < 1.29 is 21.6 Å². The van der Waals surface area contributed by atoms with E-state index in [0.717, 1.165) is 0 Å². The Balaban J connectivity index is 3.81. The maximum atomic E-state index is 11.7. The van der Waals surface area contributed by atoms with E-state index in [-0.39, 0.29) is 13.0 Å². The van der Waals surface area contributed by atoms with Crippen molar-refractivity contribution in [2.24, 2.45) is 0 Å². The van der Waals surface area contributed by atoms with Crippen LogP contribution in [0.1, 0.15) is 19.3 Å². The third-order valence-corrected chi connectivity index (χ3v) is 2.90. The molecule has 0 saturated heterocycles. The summed E-state index contributed by atoms with van der Waals surface area (Å²) < 4.78 is 59.1. The average Bonchev–Trinajstić information content (AvgIpc) is 2.01. The van der Waals surface area contributed by atoms with E-state index in [1.54, 1.807) is 6.07 Å². The second-order valence-electron chi connectivity index (χ2n) is 2.84. The van der Waals surface area contributed by atoms with Crippen molar-refractivity contribution in [2.75, 3.05) is 12.3 Å². The van der Waals surface area contributed by atoms with Gasteiger partial charge < -0.3 is 0 Å². The maximum Gasteiger partial charge on any atom is 0.389 e. The molecular formula is C7H11F3N2O2S. The molecule has 0 amide bonds. The molecule has 1 N–H and O–H groups in total. The van der Waals surface area contributed by atoms with Crippen LogP contribution in [0.4, 0.5) is 13.2 Å². The Morgan fingerprint density at radius 3 is 2.40 bits per heavy atom. The predicted molar refractivity (Wildman–Crippen MR) is 47.3 cm³/mol. The fourth-order valence-corrected chi connectivity index (χ4v) is 1.88. The molecule has 0 aromatic heterocycles. The second-order valence-corrected chi connectivity index (χ2v) is 4.77. The Hall–Kier alpha value is -0.810. The van der Waals surface area contributed by atoms with Crippen LogP contribution >= 0.6 is 0 Å². The van der Waals surface area contributed by atoms with E-state index in [0.29, 0.717) is 0 Å². The highest BCUT2D eigenvalue weighted by Crippen LogP contribution is 2.21. The molecule has 0 aliphatic rings. The quantitative estimate of drug-likeness (QED) is 0.713. The van der Waals surface area contributed by atoms with Crippen LogP contribution in [0.15, 0.2) is 0 Å². The van der Waals surface area contributed by atoms with Gasteiger partial charge in [-0.1, -0.05) is 0 Å². The zero-order valence-electron chi connectivity index (χ0n) is 7.84. The van der Waals surface area contributed by atoms with Crippen molar-refractivity contribution in [3.63, 3.8) is 0 Å². The van der Waals surface area contributed by atoms with E-state index in [4.69, 9.17) is 5.26 Å². The summed E-state index contributed by atoms with van der Waals surface area (Å²) in [6.07, 6.45) is -5.92. The van der Waals surface area contributed by atoms with Crippen LogP contribution in [0.25, 0.3) is 0 Å². The van der Waals surface area contributed by atoms with Gasteiger partial charge in [-0.05, 0) is 6.42 Å². The maximum absolute atomic E-state index is 11.7. The van der Waals surface area contributed by atoms with Gasteiger partial charge in [0.15, 0.2) is 0 Å². The van der Waals surface area contributed by atoms with Gasteiger partial charge in [0.2, 0.25) is 10.0 Å². The SMILES string of the molecule is N#CCCNS(=O)(=O)CCCC(F)(F)F. The standard InChI is InChI=1S/C7H11F3N2O2S/c8-7(9,10)3-1-6-15(13,14)12-5-2-4-11/h12H,1-3,5-6H2. The molecule has 0 unspecified atom stereocenters. The van der Waals surface area contributed by atoms with Gasteiger partial charge in [0.25, 0.3) is 0 Å². The number of rotatable bonds is 6. The number of halogens is 3. The molecular weight excluding hydrogens is 233 g/mol. The minimum atomic E-state index is -4.33. The molecule has 15 heavy (non-hydrogen) atoms. The molecule has 0 aliphatic carbocycles. The number of hydrogen-bond acceptors (Lipinski definition) is 3. The van der Waals surface area contributed by atoms with Gasteiger partial charge in [-0.15, -0.1) is 0 Å². The van der Waals surface area contributed by atoms with Crippen LogP contribution in [0.2, 0.25) is 0 Å². The van der Waals surface area contributed by atoms with E-state index in [2.05, 4.69) is 0 Å². The van der Waals surface area contributed by atoms with Gasteiger partial charge >= 0.3 is 6.18 Å². The van der Waals surface area contributed by atoms with Crippen molar-refractivity contribution in [3.05, 3.63) is 0 Å². The Labute approximate surface area is 86.1 Å². The lowest BCUT2D eigenvalue weighted by atomic mass is 10.3. The molecule has 0 fully saturated rings. The molecule has 0 heterocycles. The lowest BCUT2D eigenvalue weighted by molar-refractivity contribution is -0.134. The number of alkyl halides is 3. The van der Waals surface area contributed by atoms with Crippen LogP contribution in [0.3, 0.4) is 0 Å². The Morgan fingerprint density at radius 1 is 1.33 bits per heavy atom. The summed E-state index contributed by atoms with van der Waals surface area (Å²) in [5.41, 5.74) is 0. The van der Waals surface area contributed by atoms with Gasteiger partial charge in [-0.3, -0.25) is 0 Å². The molecule has 0 spiro atoms. The number of nitrogens with one attached hydrogen (secondary N) is 1. The molecule has 8 heteroatoms. The smallest absolute Gasteiger partial charge is 0.214 e. The van der Waals surface area contributed by atoms with E-state index < -0.39 is 34.8 Å². The molecule has 0 atom stereocenters. The lowest BCUT2D eigenvalue weighted by Gasteiger charge is -2.06. The fraction of sp³-hybridized carbons (Fsp3) is 0.857. The molecule has 0 aliphatic heterocycles. The predicted octanol–water partition coefficient (Wildman–Crippen LogP) is 1.16. The van der Waals surface area contributed by atoms with Gasteiger partial charge in [0, 0.05) is 19.4 Å². The van der Waals surface area contributed by atoms with Crippen molar-refractivity contribution in [1.82, 2.24) is 4.72 Å². The lowest BCUT2D eigenvalue weighted by Crippen LogP contribution is -2.27. The highest BCUT2D eigenvalue weighted by atomic mass is 32.2. The molecule has 0 aromatic rings. The molecule has 0 bridgehead atoms. The van der Waals surface area contributed by atoms with Crippen molar-refractivity contribution >= 4 is 10.0 Å². The van der Waals surface area contributed by atoms with Crippen molar-refractivity contribution in [1.29, 1.82) is 5.26 Å². The zero-order chi connectivity index (χ0) is 11.9. The van der Waals surface area contributed by atoms with Gasteiger partial charge in [-0.2, -0.15) is 18.4 Å². The summed E-state index contributed by atoms with van der Waals surface area (Å²) in [5.74, 6) is -0.571. The minimum absolute atomic E-state index is 0.00149. The monoisotopic (exact) mass is 244 g/mol. The van der Waals surface area contributed by atoms with Crippen LogP contribution < -0.4 is 4.72 Å². The first-order valence-electron chi connectivity index (χ1n) is 4.18. The van der Waals surface area contributed by atoms with E-state index in [1.165, 1.54) is 0 Å². The summed E-state index contributed by atoms with van der Waals surface area (Å²) >= 11 is 0. The van der Waals surface area contributed by atoms with Crippen LogP contribution in [-0.4, -0.2) is 26.9 Å². The Morgan fingerprint density at radius 2 is 1.93 bits per heavy atom. The number of nitrogens with zero attached hydrogens (tertiary/aromatic N) is 1. The third-order valence-electron chi connectivity index (χ3n) is 1.43. The normalized spacial score (nSPS) is 12.4. The first kappa shape index (κ1) is 14.2. The Kier molecular flexibility index (Phi) is 5.60. The summed E-state index contributed by atoms with van der Waals surface area (Å²) in [6.45, 7) is -0.0646. The van der Waals surface area contributed by atoms with E-state index >= 15 is 0 Å². The summed E-state index contributed by atoms with van der Waals surface area (Å²) in [6, 6.07) is 1.71. The summed E-state index contributed by atoms with van der Waals surface area (Å²) in [4.78, 5) is 0. The fourth-order valence-electron chi connectivity index (χ4n) is 0.797. The highest BCUT2D eigenvalue weighted by Gasteiger charge is 2.27. The number of sulfonamides is 1. The minimum Gasteiger partial charge on any atom is -0.214 e. The summed E-state index contributed by atoms with van der Waals surface area (Å²) in [5, 5.41) is 8.11. The van der Waals surface area contributed by atoms with E-state index in [1.807, 2.05) is 4.72 Å². The van der Waals surface area contributed by atoms with Gasteiger partial charge in [0.1, 0.15) is 0 Å². The zero-order valence-corrected chi connectivity index (χ0v) is 8.66. The molecule has 4 nitrogen and oxygen atoms in total. The van der Waals surface area contributed by atoms with Crippen molar-refractivity contribution in [3.8, 4) is 6.07 Å². The highest BCUT2D eigenvalue weighted by molar-refractivity contribution is 7.89. The van der Waals surface area contributed by atoms with Gasteiger partial charge in [0.05, 0.1) is 11.8 Å².